The zero-order valence-corrected chi connectivity index (χ0v) is 11.9. The van der Waals surface area contributed by atoms with Gasteiger partial charge in [0.25, 0.3) is 6.08 Å². The minimum atomic E-state index is -1.68. The molecule has 0 aliphatic heterocycles. The summed E-state index contributed by atoms with van der Waals surface area (Å²) in [5.74, 6) is 0. The molecule has 0 radical (unpaired) electrons. The molecule has 3 rings (SSSR count). The predicted molar refractivity (Wildman–Crippen MR) is 80.7 cm³/mol. The van der Waals surface area contributed by atoms with Crippen LogP contribution < -0.4 is 0 Å². The number of hydrogen-bond acceptors (Lipinski definition) is 0. The number of benzene rings is 2. The number of nitrogens with one attached hydrogen (secondary N) is 1. The van der Waals surface area contributed by atoms with E-state index < -0.39 is 6.08 Å². The lowest BCUT2D eigenvalue weighted by Crippen LogP contribution is -1.88. The molecule has 1 nitrogen and oxygen atoms in total. The number of rotatable bonds is 2. The first-order valence-corrected chi connectivity index (χ1v) is 6.84. The molecule has 2 aromatic carbocycles. The van der Waals surface area contributed by atoms with Gasteiger partial charge in [-0.05, 0) is 23.8 Å². The van der Waals surface area contributed by atoms with Gasteiger partial charge >= 0.3 is 0 Å². The standard InChI is InChI=1S/C16H10BrF2N/c17-11-6-7-14-12(8-11)13(9-20-14)15(16(18)19)10-4-2-1-3-5-10/h1-9,20H. The lowest BCUT2D eigenvalue weighted by Gasteiger charge is -2.06. The van der Waals surface area contributed by atoms with Gasteiger partial charge in [0.2, 0.25) is 0 Å². The lowest BCUT2D eigenvalue weighted by atomic mass is 9.98. The minimum absolute atomic E-state index is 0.0325. The van der Waals surface area contributed by atoms with Gasteiger partial charge in [-0.3, -0.25) is 0 Å². The van der Waals surface area contributed by atoms with Gasteiger partial charge in [0.05, 0.1) is 5.57 Å². The molecule has 0 saturated carbocycles. The summed E-state index contributed by atoms with van der Waals surface area (Å²) < 4.78 is 27.7. The number of aromatic amines is 1. The smallest absolute Gasteiger partial charge is 0.278 e. The molecule has 0 unspecified atom stereocenters. The molecular weight excluding hydrogens is 324 g/mol. The summed E-state index contributed by atoms with van der Waals surface area (Å²) in [5, 5.41) is 0.769. The highest BCUT2D eigenvalue weighted by Crippen LogP contribution is 2.34. The zero-order chi connectivity index (χ0) is 14.1. The van der Waals surface area contributed by atoms with Crippen molar-refractivity contribution < 1.29 is 8.78 Å². The maximum Gasteiger partial charge on any atom is 0.278 e. The molecule has 1 heterocycles. The van der Waals surface area contributed by atoms with Gasteiger partial charge in [-0.25, -0.2) is 0 Å². The maximum atomic E-state index is 13.4. The average molecular weight is 334 g/mol. The SMILES string of the molecule is FC(F)=C(c1ccccc1)c1c[nH]c2ccc(Br)cc12. The molecule has 0 amide bonds. The van der Waals surface area contributed by atoms with Gasteiger partial charge in [0, 0.05) is 27.1 Å². The zero-order valence-electron chi connectivity index (χ0n) is 10.3. The molecule has 0 saturated heterocycles. The van der Waals surface area contributed by atoms with Gasteiger partial charge in [0.1, 0.15) is 0 Å². The molecule has 1 N–H and O–H groups in total. The molecule has 4 heteroatoms. The molecule has 3 aromatic rings. The van der Waals surface area contributed by atoms with Crippen LogP contribution in [0.5, 0.6) is 0 Å². The van der Waals surface area contributed by atoms with E-state index in [-0.39, 0.29) is 5.57 Å². The number of halogens is 3. The van der Waals surface area contributed by atoms with Gasteiger partial charge in [-0.1, -0.05) is 46.3 Å². The van der Waals surface area contributed by atoms with E-state index in [1.165, 1.54) is 0 Å². The maximum absolute atomic E-state index is 13.4. The first-order chi connectivity index (χ1) is 9.66. The second kappa shape index (κ2) is 5.21. The second-order valence-electron chi connectivity index (χ2n) is 4.39. The Bertz CT molecular complexity index is 787. The Balaban J connectivity index is 2.27. The second-order valence-corrected chi connectivity index (χ2v) is 5.31. The highest BCUT2D eigenvalue weighted by molar-refractivity contribution is 9.10. The highest BCUT2D eigenvalue weighted by atomic mass is 79.9. The first-order valence-electron chi connectivity index (χ1n) is 6.04. The normalized spacial score (nSPS) is 10.8. The van der Waals surface area contributed by atoms with Crippen molar-refractivity contribution in [1.82, 2.24) is 4.98 Å². The van der Waals surface area contributed by atoms with E-state index in [2.05, 4.69) is 20.9 Å². The first kappa shape index (κ1) is 13.1. The molecule has 0 atom stereocenters. The van der Waals surface area contributed by atoms with Crippen LogP contribution in [0.25, 0.3) is 16.5 Å². The molecule has 0 fully saturated rings. The molecule has 0 bridgehead atoms. The summed E-state index contributed by atoms with van der Waals surface area (Å²) >= 11 is 3.38. The number of aromatic nitrogens is 1. The molecule has 0 aliphatic carbocycles. The molecule has 0 aliphatic rings. The average Bonchev–Trinajstić information content (AvgIpc) is 2.83. The van der Waals surface area contributed by atoms with Crippen molar-refractivity contribution in [3.8, 4) is 0 Å². The third-order valence-corrected chi connectivity index (χ3v) is 3.66. The fourth-order valence-electron chi connectivity index (χ4n) is 2.27. The van der Waals surface area contributed by atoms with Crippen LogP contribution in [0.1, 0.15) is 11.1 Å². The van der Waals surface area contributed by atoms with Gasteiger partial charge in [-0.15, -0.1) is 0 Å². The predicted octanol–water partition coefficient (Wildman–Crippen LogP) is 5.59. The van der Waals surface area contributed by atoms with Gasteiger partial charge < -0.3 is 4.98 Å². The number of hydrogen-bond donors (Lipinski definition) is 1. The molecule has 100 valence electrons. The van der Waals surface area contributed by atoms with Crippen LogP contribution >= 0.6 is 15.9 Å². The van der Waals surface area contributed by atoms with Crippen LogP contribution in [0.2, 0.25) is 0 Å². The summed E-state index contributed by atoms with van der Waals surface area (Å²) in [5.41, 5.74) is 1.81. The molecular formula is C16H10BrF2N. The topological polar surface area (TPSA) is 15.8 Å². The fraction of sp³-hybridized carbons (Fsp3) is 0. The molecule has 20 heavy (non-hydrogen) atoms. The number of H-pyrrole nitrogens is 1. The van der Waals surface area contributed by atoms with E-state index in [0.717, 1.165) is 15.4 Å². The summed E-state index contributed by atoms with van der Waals surface area (Å²) in [6.45, 7) is 0. The summed E-state index contributed by atoms with van der Waals surface area (Å²) in [7, 11) is 0. The molecule has 1 aromatic heterocycles. The third-order valence-electron chi connectivity index (χ3n) is 3.16. The lowest BCUT2D eigenvalue weighted by molar-refractivity contribution is 0.426. The Hall–Kier alpha value is -1.94. The van der Waals surface area contributed by atoms with Crippen LogP contribution in [0.3, 0.4) is 0 Å². The Kier molecular flexibility index (Phi) is 3.40. The summed E-state index contributed by atoms with van der Waals surface area (Å²) in [6, 6.07) is 14.3. The Morgan fingerprint density at radius 2 is 1.75 bits per heavy atom. The van der Waals surface area contributed by atoms with E-state index in [1.807, 2.05) is 24.3 Å². The van der Waals surface area contributed by atoms with Crippen molar-refractivity contribution in [2.45, 2.75) is 0 Å². The van der Waals surface area contributed by atoms with Crippen molar-refractivity contribution in [2.24, 2.45) is 0 Å². The van der Waals surface area contributed by atoms with E-state index in [4.69, 9.17) is 0 Å². The van der Waals surface area contributed by atoms with Crippen LogP contribution in [0.4, 0.5) is 8.78 Å². The summed E-state index contributed by atoms with van der Waals surface area (Å²) in [6.07, 6.45) is -0.0597. The van der Waals surface area contributed by atoms with E-state index >= 15 is 0 Å². The Morgan fingerprint density at radius 1 is 1.00 bits per heavy atom. The van der Waals surface area contributed by atoms with Crippen LogP contribution in [0, 0.1) is 0 Å². The van der Waals surface area contributed by atoms with Gasteiger partial charge in [0.15, 0.2) is 0 Å². The van der Waals surface area contributed by atoms with Crippen LogP contribution in [-0.4, -0.2) is 4.98 Å². The number of fused-ring (bicyclic) bond motifs is 1. The minimum Gasteiger partial charge on any atom is -0.361 e. The Morgan fingerprint density at radius 3 is 2.45 bits per heavy atom. The fourth-order valence-corrected chi connectivity index (χ4v) is 2.63. The summed E-state index contributed by atoms with van der Waals surface area (Å²) in [4.78, 5) is 3.03. The van der Waals surface area contributed by atoms with Crippen LogP contribution in [-0.2, 0) is 0 Å². The quantitative estimate of drug-likeness (QED) is 0.629. The van der Waals surface area contributed by atoms with Crippen molar-refractivity contribution in [3.63, 3.8) is 0 Å². The molecule has 0 spiro atoms. The van der Waals surface area contributed by atoms with Crippen LogP contribution in [0.15, 0.2) is 65.3 Å². The monoisotopic (exact) mass is 333 g/mol. The van der Waals surface area contributed by atoms with Crippen molar-refractivity contribution in [3.05, 3.63) is 76.4 Å². The third kappa shape index (κ3) is 2.27. The largest absolute Gasteiger partial charge is 0.361 e. The van der Waals surface area contributed by atoms with Crippen molar-refractivity contribution in [2.75, 3.05) is 0 Å². The van der Waals surface area contributed by atoms with Crippen molar-refractivity contribution >= 4 is 32.4 Å². The highest BCUT2D eigenvalue weighted by Gasteiger charge is 2.16. The Labute approximate surface area is 123 Å². The van der Waals surface area contributed by atoms with E-state index in [1.54, 1.807) is 30.5 Å². The van der Waals surface area contributed by atoms with E-state index in [0.29, 0.717) is 11.1 Å². The van der Waals surface area contributed by atoms with Crippen molar-refractivity contribution in [1.29, 1.82) is 0 Å². The van der Waals surface area contributed by atoms with Gasteiger partial charge in [-0.2, -0.15) is 8.78 Å². The van der Waals surface area contributed by atoms with E-state index in [9.17, 15) is 8.78 Å².